The van der Waals surface area contributed by atoms with Crippen LogP contribution in [0, 0.1) is 0 Å². The summed E-state index contributed by atoms with van der Waals surface area (Å²) in [7, 11) is 0. The van der Waals surface area contributed by atoms with Crippen molar-refractivity contribution in [2.75, 3.05) is 32.7 Å². The molecule has 150 valence electrons. The van der Waals surface area contributed by atoms with Crippen molar-refractivity contribution in [3.63, 3.8) is 0 Å². The summed E-state index contributed by atoms with van der Waals surface area (Å²) >= 11 is 6.01. The highest BCUT2D eigenvalue weighted by molar-refractivity contribution is 6.22. The summed E-state index contributed by atoms with van der Waals surface area (Å²) in [4.78, 5) is 29.1. The lowest BCUT2D eigenvalue weighted by Crippen LogP contribution is -2.47. The fraction of sp³-hybridized carbons (Fsp3) is 0.700. The number of nitrogens with one attached hydrogen (secondary N) is 1. The summed E-state index contributed by atoms with van der Waals surface area (Å²) < 4.78 is 0. The van der Waals surface area contributed by atoms with Crippen LogP contribution in [0.2, 0.25) is 0 Å². The fourth-order valence-electron chi connectivity index (χ4n) is 4.00. The Kier molecular flexibility index (Phi) is 7.33. The number of halogens is 1. The molecule has 27 heavy (non-hydrogen) atoms. The lowest BCUT2D eigenvalue weighted by Gasteiger charge is -2.28. The SMILES string of the molecule is O=C(NCC1=CCC(Cl)C=C1)[C@@H]1C[C@@H](O)CN1C(=O)CCN1CCCCC1. The van der Waals surface area contributed by atoms with E-state index in [2.05, 4.69) is 10.2 Å². The number of hydrogen-bond donors (Lipinski definition) is 2. The minimum atomic E-state index is -0.634. The van der Waals surface area contributed by atoms with Gasteiger partial charge in [-0.15, -0.1) is 11.6 Å². The number of β-amino-alcohol motifs (C(OH)–C–C–N with tert-alkyl or cyclic N) is 1. The van der Waals surface area contributed by atoms with E-state index < -0.39 is 12.1 Å². The molecule has 3 rings (SSSR count). The lowest BCUT2D eigenvalue weighted by molar-refractivity contribution is -0.138. The van der Waals surface area contributed by atoms with Crippen molar-refractivity contribution >= 4 is 23.4 Å². The predicted molar refractivity (Wildman–Crippen MR) is 106 cm³/mol. The second-order valence-corrected chi connectivity index (χ2v) is 8.27. The number of likely N-dealkylation sites (tertiary alicyclic amines) is 2. The van der Waals surface area contributed by atoms with E-state index in [1.807, 2.05) is 18.2 Å². The Morgan fingerprint density at radius 2 is 2.04 bits per heavy atom. The van der Waals surface area contributed by atoms with Crippen LogP contribution in [0.25, 0.3) is 0 Å². The Morgan fingerprint density at radius 3 is 2.74 bits per heavy atom. The Labute approximate surface area is 166 Å². The van der Waals surface area contributed by atoms with Gasteiger partial charge in [-0.25, -0.2) is 0 Å². The number of piperidine rings is 1. The molecular weight excluding hydrogens is 366 g/mol. The van der Waals surface area contributed by atoms with Gasteiger partial charge in [0.25, 0.3) is 0 Å². The van der Waals surface area contributed by atoms with Crippen molar-refractivity contribution in [1.82, 2.24) is 15.1 Å². The molecule has 3 aliphatic rings. The third kappa shape index (κ3) is 5.80. The van der Waals surface area contributed by atoms with Crippen LogP contribution in [0.15, 0.2) is 23.8 Å². The molecule has 2 N–H and O–H groups in total. The van der Waals surface area contributed by atoms with Crippen LogP contribution in [-0.2, 0) is 9.59 Å². The molecule has 2 heterocycles. The van der Waals surface area contributed by atoms with Gasteiger partial charge in [0.05, 0.1) is 11.5 Å². The molecule has 7 heteroatoms. The Hall–Kier alpha value is -1.37. The van der Waals surface area contributed by atoms with Crippen LogP contribution in [0.5, 0.6) is 0 Å². The zero-order valence-corrected chi connectivity index (χ0v) is 16.5. The molecule has 2 fully saturated rings. The van der Waals surface area contributed by atoms with Gasteiger partial charge in [0.2, 0.25) is 11.8 Å². The normalized spacial score (nSPS) is 28.9. The maximum absolute atomic E-state index is 12.7. The number of hydrogen-bond acceptors (Lipinski definition) is 4. The van der Waals surface area contributed by atoms with Crippen LogP contribution in [0.3, 0.4) is 0 Å². The predicted octanol–water partition coefficient (Wildman–Crippen LogP) is 1.43. The molecule has 0 aromatic rings. The van der Waals surface area contributed by atoms with Gasteiger partial charge in [-0.3, -0.25) is 9.59 Å². The number of amides is 2. The van der Waals surface area contributed by atoms with Crippen molar-refractivity contribution in [2.45, 2.75) is 56.0 Å². The highest BCUT2D eigenvalue weighted by Crippen LogP contribution is 2.20. The molecule has 0 spiro atoms. The van der Waals surface area contributed by atoms with Crippen molar-refractivity contribution in [2.24, 2.45) is 0 Å². The number of allylic oxidation sites excluding steroid dienone is 2. The van der Waals surface area contributed by atoms with Gasteiger partial charge in [-0.05, 0) is 37.9 Å². The summed E-state index contributed by atoms with van der Waals surface area (Å²) in [5.74, 6) is -0.237. The van der Waals surface area contributed by atoms with Crippen molar-refractivity contribution in [1.29, 1.82) is 0 Å². The van der Waals surface area contributed by atoms with E-state index in [-0.39, 0.29) is 23.7 Å². The van der Waals surface area contributed by atoms with Crippen LogP contribution in [0.4, 0.5) is 0 Å². The summed E-state index contributed by atoms with van der Waals surface area (Å²) in [6.07, 6.45) is 10.3. The molecule has 2 amide bonds. The molecule has 1 unspecified atom stereocenters. The van der Waals surface area contributed by atoms with Gasteiger partial charge in [0, 0.05) is 32.5 Å². The average molecular weight is 396 g/mol. The highest BCUT2D eigenvalue weighted by atomic mass is 35.5. The highest BCUT2D eigenvalue weighted by Gasteiger charge is 2.38. The molecule has 0 saturated carbocycles. The minimum Gasteiger partial charge on any atom is -0.391 e. The molecule has 0 aromatic heterocycles. The number of aliphatic hydroxyl groups is 1. The van der Waals surface area contributed by atoms with Gasteiger partial charge >= 0.3 is 0 Å². The summed E-state index contributed by atoms with van der Waals surface area (Å²) in [5, 5.41) is 12.9. The smallest absolute Gasteiger partial charge is 0.243 e. The summed E-state index contributed by atoms with van der Waals surface area (Å²) in [5.41, 5.74) is 1.02. The van der Waals surface area contributed by atoms with Crippen molar-refractivity contribution in [3.8, 4) is 0 Å². The number of carbonyl (C=O) groups is 2. The second-order valence-electron chi connectivity index (χ2n) is 7.71. The van der Waals surface area contributed by atoms with Gasteiger partial charge in [0.15, 0.2) is 0 Å². The first-order valence-corrected chi connectivity index (χ1v) is 10.5. The van der Waals surface area contributed by atoms with E-state index >= 15 is 0 Å². The maximum Gasteiger partial charge on any atom is 0.243 e. The number of rotatable bonds is 6. The van der Waals surface area contributed by atoms with E-state index in [1.165, 1.54) is 19.3 Å². The third-order valence-electron chi connectivity index (χ3n) is 5.58. The molecule has 0 bridgehead atoms. The molecule has 2 aliphatic heterocycles. The van der Waals surface area contributed by atoms with E-state index in [1.54, 1.807) is 4.90 Å². The van der Waals surface area contributed by atoms with Crippen LogP contribution in [0.1, 0.15) is 38.5 Å². The maximum atomic E-state index is 12.7. The first kappa shape index (κ1) is 20.4. The molecular formula is C20H30ClN3O3. The van der Waals surface area contributed by atoms with Crippen LogP contribution >= 0.6 is 11.6 Å². The summed E-state index contributed by atoms with van der Waals surface area (Å²) in [6.45, 7) is 3.49. The molecule has 6 nitrogen and oxygen atoms in total. The standard InChI is InChI=1S/C20H30ClN3O3/c21-16-6-4-15(5-7-16)13-22-20(27)18-12-17(25)14-24(18)19(26)8-11-23-9-2-1-3-10-23/h4-6,16-18,25H,1-3,7-14H2,(H,22,27)/t16?,17-,18+/m1/s1. The van der Waals surface area contributed by atoms with Crippen molar-refractivity contribution in [3.05, 3.63) is 23.8 Å². The first-order chi connectivity index (χ1) is 13.0. The monoisotopic (exact) mass is 395 g/mol. The minimum absolute atomic E-state index is 0.0162. The number of alkyl halides is 1. The van der Waals surface area contributed by atoms with Crippen molar-refractivity contribution < 1.29 is 14.7 Å². The molecule has 2 saturated heterocycles. The Morgan fingerprint density at radius 1 is 1.26 bits per heavy atom. The molecule has 1 aliphatic carbocycles. The number of aliphatic hydroxyl groups excluding tert-OH is 1. The molecule has 3 atom stereocenters. The Bertz CT molecular complexity index is 601. The van der Waals surface area contributed by atoms with Gasteiger partial charge < -0.3 is 20.2 Å². The fourth-order valence-corrected chi connectivity index (χ4v) is 4.16. The number of nitrogens with zero attached hydrogens (tertiary/aromatic N) is 2. The molecule has 0 radical (unpaired) electrons. The Balaban J connectivity index is 1.49. The van der Waals surface area contributed by atoms with Gasteiger partial charge in [0.1, 0.15) is 6.04 Å². The van der Waals surface area contributed by atoms with E-state index in [0.29, 0.717) is 19.4 Å². The second kappa shape index (κ2) is 9.71. The zero-order chi connectivity index (χ0) is 19.2. The summed E-state index contributed by atoms with van der Waals surface area (Å²) in [6, 6.07) is -0.581. The van der Waals surface area contributed by atoms with Gasteiger partial charge in [-0.2, -0.15) is 0 Å². The van der Waals surface area contributed by atoms with E-state index in [9.17, 15) is 14.7 Å². The molecule has 0 aromatic carbocycles. The first-order valence-electron chi connectivity index (χ1n) is 10.0. The van der Waals surface area contributed by atoms with Crippen LogP contribution in [-0.4, -0.2) is 77.0 Å². The zero-order valence-electron chi connectivity index (χ0n) is 15.8. The number of carbonyl (C=O) groups excluding carboxylic acids is 2. The van der Waals surface area contributed by atoms with E-state index in [4.69, 9.17) is 11.6 Å². The lowest BCUT2D eigenvalue weighted by atomic mass is 10.1. The largest absolute Gasteiger partial charge is 0.391 e. The topological polar surface area (TPSA) is 72.9 Å². The van der Waals surface area contributed by atoms with E-state index in [0.717, 1.165) is 31.6 Å². The quantitative estimate of drug-likeness (QED) is 0.667. The van der Waals surface area contributed by atoms with Crippen LogP contribution < -0.4 is 5.32 Å². The van der Waals surface area contributed by atoms with Gasteiger partial charge in [-0.1, -0.05) is 24.6 Å². The average Bonchev–Trinajstić information content (AvgIpc) is 3.08. The third-order valence-corrected chi connectivity index (χ3v) is 5.91.